The molecule has 5 heteroatoms. The second-order valence-corrected chi connectivity index (χ2v) is 7.63. The van der Waals surface area contributed by atoms with Crippen LogP contribution in [0.1, 0.15) is 43.7 Å². The van der Waals surface area contributed by atoms with Crippen LogP contribution in [0.25, 0.3) is 0 Å². The Morgan fingerprint density at radius 2 is 2.00 bits per heavy atom. The van der Waals surface area contributed by atoms with Crippen LogP contribution >= 0.6 is 0 Å². The highest BCUT2D eigenvalue weighted by Crippen LogP contribution is 2.34. The van der Waals surface area contributed by atoms with Gasteiger partial charge in [-0.25, -0.2) is 0 Å². The second kappa shape index (κ2) is 7.34. The largest absolute Gasteiger partial charge is 0.483 e. The first-order chi connectivity index (χ1) is 11.9. The van der Waals surface area contributed by atoms with Gasteiger partial charge in [-0.3, -0.25) is 4.79 Å². The molecule has 2 saturated heterocycles. The van der Waals surface area contributed by atoms with Gasteiger partial charge in [0, 0.05) is 32.5 Å². The molecule has 3 rings (SSSR count). The molecule has 2 fully saturated rings. The van der Waals surface area contributed by atoms with Crippen molar-refractivity contribution < 1.29 is 14.3 Å². The summed E-state index contributed by atoms with van der Waals surface area (Å²) in [4.78, 5) is 17.0. The number of carbonyl (C=O) groups excluding carboxylic acids is 1. The van der Waals surface area contributed by atoms with Gasteiger partial charge in [-0.2, -0.15) is 0 Å². The van der Waals surface area contributed by atoms with E-state index in [0.717, 1.165) is 42.8 Å². The third kappa shape index (κ3) is 3.82. The SMILES string of the molecule is Cc1ccc(C(C)C)c(OCC(=O)N2CCOC23CCN(C)CC3)c1. The van der Waals surface area contributed by atoms with Crippen LogP contribution in [0.3, 0.4) is 0 Å². The van der Waals surface area contributed by atoms with Gasteiger partial charge in [-0.1, -0.05) is 26.0 Å². The highest BCUT2D eigenvalue weighted by molar-refractivity contribution is 5.78. The third-order valence-corrected chi connectivity index (χ3v) is 5.39. The lowest BCUT2D eigenvalue weighted by Gasteiger charge is -2.42. The molecule has 1 amide bonds. The summed E-state index contributed by atoms with van der Waals surface area (Å²) in [6.45, 7) is 9.60. The molecule has 0 bridgehead atoms. The summed E-state index contributed by atoms with van der Waals surface area (Å²) in [5.74, 6) is 1.21. The maximum atomic E-state index is 12.8. The first-order valence-corrected chi connectivity index (χ1v) is 9.27. The predicted molar refractivity (Wildman–Crippen MR) is 97.9 cm³/mol. The number of piperidine rings is 1. The van der Waals surface area contributed by atoms with Gasteiger partial charge in [0.05, 0.1) is 6.61 Å². The van der Waals surface area contributed by atoms with Gasteiger partial charge in [0.25, 0.3) is 5.91 Å². The summed E-state index contributed by atoms with van der Waals surface area (Å²) in [6, 6.07) is 6.21. The normalized spacial score (nSPS) is 20.4. The maximum Gasteiger partial charge on any atom is 0.262 e. The molecule has 0 N–H and O–H groups in total. The monoisotopic (exact) mass is 346 g/mol. The van der Waals surface area contributed by atoms with Crippen LogP contribution in [0.2, 0.25) is 0 Å². The number of ether oxygens (including phenoxy) is 2. The number of hydrogen-bond donors (Lipinski definition) is 0. The van der Waals surface area contributed by atoms with E-state index in [1.807, 2.05) is 17.9 Å². The molecular formula is C20H30N2O3. The van der Waals surface area contributed by atoms with Crippen molar-refractivity contribution in [3.05, 3.63) is 29.3 Å². The van der Waals surface area contributed by atoms with Gasteiger partial charge in [0.1, 0.15) is 11.5 Å². The number of benzene rings is 1. The van der Waals surface area contributed by atoms with Gasteiger partial charge >= 0.3 is 0 Å². The van der Waals surface area contributed by atoms with Crippen molar-refractivity contribution in [2.75, 3.05) is 39.9 Å². The minimum atomic E-state index is -0.416. The van der Waals surface area contributed by atoms with Crippen LogP contribution in [0.4, 0.5) is 0 Å². The summed E-state index contributed by atoms with van der Waals surface area (Å²) in [5.41, 5.74) is 1.87. The fourth-order valence-corrected chi connectivity index (χ4v) is 3.80. The van der Waals surface area contributed by atoms with E-state index in [-0.39, 0.29) is 12.5 Å². The zero-order chi connectivity index (χ0) is 18.0. The lowest BCUT2D eigenvalue weighted by Crippen LogP contribution is -2.55. The molecule has 25 heavy (non-hydrogen) atoms. The molecule has 0 aliphatic carbocycles. The zero-order valence-electron chi connectivity index (χ0n) is 15.9. The molecule has 0 saturated carbocycles. The number of rotatable bonds is 4. The van der Waals surface area contributed by atoms with E-state index < -0.39 is 5.72 Å². The fourth-order valence-electron chi connectivity index (χ4n) is 3.80. The first kappa shape index (κ1) is 18.2. The van der Waals surface area contributed by atoms with Gasteiger partial charge in [-0.05, 0) is 37.1 Å². The molecule has 0 atom stereocenters. The molecule has 1 aromatic rings. The van der Waals surface area contributed by atoms with Crippen molar-refractivity contribution in [3.63, 3.8) is 0 Å². The molecule has 2 heterocycles. The molecule has 5 nitrogen and oxygen atoms in total. The summed E-state index contributed by atoms with van der Waals surface area (Å²) in [5, 5.41) is 0. The molecule has 1 spiro atoms. The number of hydrogen-bond acceptors (Lipinski definition) is 4. The van der Waals surface area contributed by atoms with Gasteiger partial charge in [0.15, 0.2) is 6.61 Å². The van der Waals surface area contributed by atoms with E-state index in [9.17, 15) is 4.79 Å². The van der Waals surface area contributed by atoms with Crippen LogP contribution < -0.4 is 4.74 Å². The number of nitrogens with zero attached hydrogens (tertiary/aromatic N) is 2. The highest BCUT2D eigenvalue weighted by atomic mass is 16.5. The van der Waals surface area contributed by atoms with Crippen molar-refractivity contribution in [1.82, 2.24) is 9.80 Å². The van der Waals surface area contributed by atoms with Crippen LogP contribution in [0, 0.1) is 6.92 Å². The summed E-state index contributed by atoms with van der Waals surface area (Å²) >= 11 is 0. The zero-order valence-corrected chi connectivity index (χ0v) is 15.9. The Morgan fingerprint density at radius 3 is 2.68 bits per heavy atom. The number of carbonyl (C=O) groups is 1. The Morgan fingerprint density at radius 1 is 1.28 bits per heavy atom. The van der Waals surface area contributed by atoms with Gasteiger partial charge < -0.3 is 19.3 Å². The average molecular weight is 346 g/mol. The standard InChI is InChI=1S/C20H30N2O3/c1-15(2)17-6-5-16(3)13-18(17)24-14-19(23)22-11-12-25-20(22)7-9-21(4)10-8-20/h5-6,13,15H,7-12,14H2,1-4H3. The summed E-state index contributed by atoms with van der Waals surface area (Å²) < 4.78 is 12.0. The van der Waals surface area contributed by atoms with Crippen molar-refractivity contribution in [2.24, 2.45) is 0 Å². The lowest BCUT2D eigenvalue weighted by molar-refractivity contribution is -0.159. The summed E-state index contributed by atoms with van der Waals surface area (Å²) in [6.07, 6.45) is 1.74. The Bertz CT molecular complexity index is 621. The van der Waals surface area contributed by atoms with Crippen LogP contribution in [0.5, 0.6) is 5.75 Å². The fraction of sp³-hybridized carbons (Fsp3) is 0.650. The molecule has 138 valence electrons. The van der Waals surface area contributed by atoms with Crippen LogP contribution in [0.15, 0.2) is 18.2 Å². The molecular weight excluding hydrogens is 316 g/mol. The van der Waals surface area contributed by atoms with E-state index in [1.165, 1.54) is 0 Å². The van der Waals surface area contributed by atoms with E-state index in [2.05, 4.69) is 37.9 Å². The molecule has 2 aliphatic heterocycles. The molecule has 0 radical (unpaired) electrons. The Balaban J connectivity index is 1.68. The van der Waals surface area contributed by atoms with Crippen molar-refractivity contribution >= 4 is 5.91 Å². The average Bonchev–Trinajstić information content (AvgIpc) is 2.99. The third-order valence-electron chi connectivity index (χ3n) is 5.39. The molecule has 2 aliphatic rings. The number of aryl methyl sites for hydroxylation is 1. The summed E-state index contributed by atoms with van der Waals surface area (Å²) in [7, 11) is 2.11. The van der Waals surface area contributed by atoms with Crippen molar-refractivity contribution in [2.45, 2.75) is 45.3 Å². The molecule has 1 aromatic carbocycles. The van der Waals surface area contributed by atoms with E-state index in [0.29, 0.717) is 19.1 Å². The Kier molecular flexibility index (Phi) is 5.35. The smallest absolute Gasteiger partial charge is 0.262 e. The van der Waals surface area contributed by atoms with Gasteiger partial charge in [-0.15, -0.1) is 0 Å². The molecule has 0 aromatic heterocycles. The van der Waals surface area contributed by atoms with Crippen molar-refractivity contribution in [3.8, 4) is 5.75 Å². The topological polar surface area (TPSA) is 42.0 Å². The predicted octanol–water partition coefficient (Wildman–Crippen LogP) is 2.78. The van der Waals surface area contributed by atoms with Crippen LogP contribution in [-0.2, 0) is 9.53 Å². The van der Waals surface area contributed by atoms with Crippen LogP contribution in [-0.4, -0.2) is 61.3 Å². The van der Waals surface area contributed by atoms with E-state index in [4.69, 9.17) is 9.47 Å². The van der Waals surface area contributed by atoms with Crippen molar-refractivity contribution in [1.29, 1.82) is 0 Å². The minimum absolute atomic E-state index is 0.0262. The number of amides is 1. The quantitative estimate of drug-likeness (QED) is 0.841. The highest BCUT2D eigenvalue weighted by Gasteiger charge is 2.46. The van der Waals surface area contributed by atoms with Gasteiger partial charge in [0.2, 0.25) is 0 Å². The number of likely N-dealkylation sites (tertiary alicyclic amines) is 1. The van der Waals surface area contributed by atoms with E-state index >= 15 is 0 Å². The lowest BCUT2D eigenvalue weighted by atomic mass is 9.99. The van der Waals surface area contributed by atoms with E-state index in [1.54, 1.807) is 0 Å². The maximum absolute atomic E-state index is 12.8. The Labute approximate surface area is 150 Å². The second-order valence-electron chi connectivity index (χ2n) is 7.63. The Hall–Kier alpha value is -1.59. The first-order valence-electron chi connectivity index (χ1n) is 9.27. The minimum Gasteiger partial charge on any atom is -0.483 e. The molecule has 0 unspecified atom stereocenters.